The molecule has 0 bridgehead atoms. The van der Waals surface area contributed by atoms with Crippen LogP contribution in [0, 0.1) is 45.0 Å². The Balaban J connectivity index is 1.35. The predicted molar refractivity (Wildman–Crippen MR) is 171 cm³/mol. The quantitative estimate of drug-likeness (QED) is 0.156. The van der Waals surface area contributed by atoms with Crippen LogP contribution in [-0.4, -0.2) is 46.9 Å². The van der Waals surface area contributed by atoms with Crippen LogP contribution in [0.15, 0.2) is 78.4 Å². The van der Waals surface area contributed by atoms with E-state index in [0.29, 0.717) is 11.3 Å². The van der Waals surface area contributed by atoms with Crippen molar-refractivity contribution in [1.29, 1.82) is 0 Å². The molecular formula is C35H29ClFN3O8. The molecule has 246 valence electrons. The smallest absolute Gasteiger partial charge is 0.269 e. The molecule has 4 amide bonds. The van der Waals surface area contributed by atoms with Gasteiger partial charge < -0.3 is 9.84 Å². The van der Waals surface area contributed by atoms with Gasteiger partial charge in [-0.25, -0.2) is 9.29 Å². The molecule has 2 aliphatic heterocycles. The topological polar surface area (TPSA) is 147 Å². The summed E-state index contributed by atoms with van der Waals surface area (Å²) in [4.78, 5) is 69.7. The van der Waals surface area contributed by atoms with E-state index >= 15 is 0 Å². The van der Waals surface area contributed by atoms with Gasteiger partial charge in [0.1, 0.15) is 18.2 Å². The van der Waals surface area contributed by atoms with Crippen molar-refractivity contribution >= 4 is 52.3 Å². The van der Waals surface area contributed by atoms with Gasteiger partial charge in [0.2, 0.25) is 23.6 Å². The molecule has 11 nitrogen and oxygen atoms in total. The van der Waals surface area contributed by atoms with Gasteiger partial charge in [-0.1, -0.05) is 41.4 Å². The van der Waals surface area contributed by atoms with E-state index in [1.165, 1.54) is 36.4 Å². The van der Waals surface area contributed by atoms with Crippen LogP contribution in [0.5, 0.6) is 5.75 Å². The maximum atomic E-state index is 14.6. The molecule has 2 aliphatic carbocycles. The number of non-ortho nitro benzene ring substituents is 1. The molecule has 1 saturated carbocycles. The second kappa shape index (κ2) is 11.6. The number of hydrogen-bond donors (Lipinski definition) is 1. The molecule has 4 aliphatic rings. The predicted octanol–water partition coefficient (Wildman–Crippen LogP) is 5.19. The number of nitrogens with zero attached hydrogens (tertiary/aromatic N) is 3. The summed E-state index contributed by atoms with van der Waals surface area (Å²) in [6.45, 7) is 1.42. The number of anilines is 2. The second-order valence-electron chi connectivity index (χ2n) is 12.7. The van der Waals surface area contributed by atoms with E-state index in [4.69, 9.17) is 16.3 Å². The van der Waals surface area contributed by atoms with Gasteiger partial charge in [-0.05, 0) is 62.1 Å². The number of ether oxygens (including phenoxy) is 1. The van der Waals surface area contributed by atoms with E-state index in [-0.39, 0.29) is 48.1 Å². The Hall–Kier alpha value is -4.94. The summed E-state index contributed by atoms with van der Waals surface area (Å²) in [6, 6.07) is 15.8. The SMILES string of the molecule is C[C@@]12C(=O)N(c3ccc(F)c(Cl)c3)C(=O)[C@@H]1C[C@@H]1C(=CC[C@@H]3C(=O)N(c4ccc([N+](=O)[O-])cc4)C(=O)[C@@H]31)[C@@H]2c1ccccc1OCCO. The van der Waals surface area contributed by atoms with Crippen molar-refractivity contribution in [3.8, 4) is 5.75 Å². The van der Waals surface area contributed by atoms with Crippen LogP contribution < -0.4 is 14.5 Å². The number of aliphatic hydroxyl groups excluding tert-OH is 1. The summed E-state index contributed by atoms with van der Waals surface area (Å²) in [5.41, 5.74) is 0.0565. The highest BCUT2D eigenvalue weighted by molar-refractivity contribution is 6.32. The van der Waals surface area contributed by atoms with Gasteiger partial charge in [-0.15, -0.1) is 0 Å². The second-order valence-corrected chi connectivity index (χ2v) is 13.1. The Morgan fingerprint density at radius 2 is 1.69 bits per heavy atom. The van der Waals surface area contributed by atoms with Crippen LogP contribution in [0.4, 0.5) is 21.5 Å². The van der Waals surface area contributed by atoms with E-state index in [9.17, 15) is 38.8 Å². The number of hydrogen-bond acceptors (Lipinski definition) is 8. The molecule has 2 saturated heterocycles. The van der Waals surface area contributed by atoms with Crippen LogP contribution >= 0.6 is 11.6 Å². The number of nitro groups is 1. The number of fused-ring (bicyclic) bond motifs is 4. The number of aliphatic hydroxyl groups is 1. The number of benzene rings is 3. The van der Waals surface area contributed by atoms with Crippen molar-refractivity contribution in [2.75, 3.05) is 23.0 Å². The summed E-state index contributed by atoms with van der Waals surface area (Å²) in [5, 5.41) is 20.5. The lowest BCUT2D eigenvalue weighted by atomic mass is 9.51. The number of halogens is 2. The lowest BCUT2D eigenvalue weighted by molar-refractivity contribution is -0.384. The van der Waals surface area contributed by atoms with Gasteiger partial charge in [-0.3, -0.25) is 34.2 Å². The minimum absolute atomic E-state index is 0.0265. The monoisotopic (exact) mass is 673 g/mol. The first-order valence-corrected chi connectivity index (χ1v) is 15.8. The molecule has 0 aromatic heterocycles. The molecule has 3 aromatic carbocycles. The summed E-state index contributed by atoms with van der Waals surface area (Å²) < 4.78 is 20.0. The van der Waals surface area contributed by atoms with Gasteiger partial charge in [0, 0.05) is 23.6 Å². The molecule has 13 heteroatoms. The van der Waals surface area contributed by atoms with Crippen molar-refractivity contribution in [2.45, 2.75) is 25.7 Å². The summed E-state index contributed by atoms with van der Waals surface area (Å²) in [7, 11) is 0. The van der Waals surface area contributed by atoms with Crippen molar-refractivity contribution in [3.05, 3.63) is 105 Å². The van der Waals surface area contributed by atoms with Gasteiger partial charge in [0.25, 0.3) is 5.69 Å². The number of carbonyl (C=O) groups is 4. The van der Waals surface area contributed by atoms with Crippen LogP contribution in [0.1, 0.15) is 31.2 Å². The van der Waals surface area contributed by atoms with Gasteiger partial charge in [0.15, 0.2) is 0 Å². The maximum Gasteiger partial charge on any atom is 0.269 e. The van der Waals surface area contributed by atoms with E-state index < -0.39 is 69.4 Å². The number of nitro benzene ring substituents is 1. The van der Waals surface area contributed by atoms with Gasteiger partial charge in [-0.2, -0.15) is 0 Å². The first-order valence-electron chi connectivity index (χ1n) is 15.5. The highest BCUT2D eigenvalue weighted by Gasteiger charge is 2.68. The van der Waals surface area contributed by atoms with Crippen molar-refractivity contribution in [2.24, 2.45) is 29.1 Å². The zero-order valence-electron chi connectivity index (χ0n) is 25.5. The normalized spacial score (nSPS) is 27.8. The Labute approximate surface area is 278 Å². The minimum Gasteiger partial charge on any atom is -0.491 e. The number of imide groups is 2. The van der Waals surface area contributed by atoms with Crippen molar-refractivity contribution < 1.29 is 38.3 Å². The number of carbonyl (C=O) groups excluding carboxylic acids is 4. The third kappa shape index (κ3) is 4.57. The lowest BCUT2D eigenvalue weighted by Gasteiger charge is -2.49. The first-order chi connectivity index (χ1) is 23.0. The summed E-state index contributed by atoms with van der Waals surface area (Å²) in [6.07, 6.45) is 2.17. The van der Waals surface area contributed by atoms with Crippen LogP contribution in [0.3, 0.4) is 0 Å². The summed E-state index contributed by atoms with van der Waals surface area (Å²) in [5.74, 6) is -6.24. The standard InChI is InChI=1S/C35H29ClFN3O8/c1-35-25(32(43)39(34(35)45)20-10-13-27(37)26(36)16-20)17-24-21(30(35)22-4-2-3-5-28(22)48-15-14-41)11-12-23-29(24)33(44)38(31(23)42)18-6-8-19(9-7-18)40(46)47/h2-11,13,16,23-25,29-30,41H,12,14-15,17H2,1H3/t23-,24+,25-,29-,30+,35+/m0/s1. The molecule has 0 spiro atoms. The Morgan fingerprint density at radius 1 is 0.979 bits per heavy atom. The third-order valence-electron chi connectivity index (χ3n) is 10.3. The minimum atomic E-state index is -1.38. The van der Waals surface area contributed by atoms with Crippen LogP contribution in [0.2, 0.25) is 5.02 Å². The summed E-state index contributed by atoms with van der Waals surface area (Å²) >= 11 is 6.07. The van der Waals surface area contributed by atoms with Crippen molar-refractivity contribution in [1.82, 2.24) is 0 Å². The molecule has 2 heterocycles. The molecule has 1 N–H and O–H groups in total. The lowest BCUT2D eigenvalue weighted by Crippen LogP contribution is -2.49. The number of para-hydroxylation sites is 1. The molecule has 3 aromatic rings. The fourth-order valence-corrected chi connectivity index (χ4v) is 8.39. The largest absolute Gasteiger partial charge is 0.491 e. The number of amides is 4. The van der Waals surface area contributed by atoms with Gasteiger partial charge >= 0.3 is 0 Å². The average Bonchev–Trinajstić information content (AvgIpc) is 3.44. The molecular weight excluding hydrogens is 645 g/mol. The molecule has 0 unspecified atom stereocenters. The van der Waals surface area contributed by atoms with E-state index in [1.807, 2.05) is 6.08 Å². The highest BCUT2D eigenvalue weighted by Crippen LogP contribution is 2.64. The maximum absolute atomic E-state index is 14.6. The molecule has 7 rings (SSSR count). The van der Waals surface area contributed by atoms with Crippen molar-refractivity contribution in [3.63, 3.8) is 0 Å². The molecule has 6 atom stereocenters. The van der Waals surface area contributed by atoms with E-state index in [1.54, 1.807) is 31.2 Å². The third-order valence-corrected chi connectivity index (χ3v) is 10.6. The molecule has 48 heavy (non-hydrogen) atoms. The number of allylic oxidation sites excluding steroid dienone is 2. The van der Waals surface area contributed by atoms with Crippen LogP contribution in [-0.2, 0) is 19.2 Å². The number of rotatable bonds is 7. The Morgan fingerprint density at radius 3 is 2.38 bits per heavy atom. The molecule has 3 fully saturated rings. The Bertz CT molecular complexity index is 1930. The zero-order chi connectivity index (χ0) is 34.1. The first kappa shape index (κ1) is 31.6. The fraction of sp³-hybridized carbons (Fsp3) is 0.314. The fourth-order valence-electron chi connectivity index (χ4n) is 8.21. The average molecular weight is 674 g/mol. The van der Waals surface area contributed by atoms with E-state index in [0.717, 1.165) is 21.4 Å². The van der Waals surface area contributed by atoms with E-state index in [2.05, 4.69) is 0 Å². The molecule has 0 radical (unpaired) electrons. The Kier molecular flexibility index (Phi) is 7.67. The van der Waals surface area contributed by atoms with Crippen LogP contribution in [0.25, 0.3) is 0 Å². The zero-order valence-corrected chi connectivity index (χ0v) is 26.3. The highest BCUT2D eigenvalue weighted by atomic mass is 35.5. The van der Waals surface area contributed by atoms with Gasteiger partial charge in [0.05, 0.1) is 51.1 Å².